The molecule has 1 amide bonds. The number of nitrogens with one attached hydrogen (secondary N) is 1. The van der Waals surface area contributed by atoms with Crippen molar-refractivity contribution >= 4 is 17.7 Å². The van der Waals surface area contributed by atoms with Crippen LogP contribution in [0.25, 0.3) is 6.08 Å². The Morgan fingerprint density at radius 1 is 1.10 bits per heavy atom. The average molecular weight is 405 g/mol. The van der Waals surface area contributed by atoms with Crippen LogP contribution in [0.4, 0.5) is 0 Å². The lowest BCUT2D eigenvalue weighted by Crippen LogP contribution is -2.21. The number of allylic oxidation sites excluding steroid dienone is 1. The Labute approximate surface area is 177 Å². The summed E-state index contributed by atoms with van der Waals surface area (Å²) in [7, 11) is 0. The summed E-state index contributed by atoms with van der Waals surface area (Å²) in [4.78, 5) is 12.4. The highest BCUT2D eigenvalue weighted by Crippen LogP contribution is 2.47. The zero-order valence-corrected chi connectivity index (χ0v) is 17.9. The van der Waals surface area contributed by atoms with Gasteiger partial charge in [-0.05, 0) is 59.6 Å². The second-order valence-electron chi connectivity index (χ2n) is 9.00. The van der Waals surface area contributed by atoms with E-state index in [1.54, 1.807) is 0 Å². The Morgan fingerprint density at radius 2 is 1.83 bits per heavy atom. The van der Waals surface area contributed by atoms with Crippen LogP contribution in [-0.2, 0) is 10.2 Å². The molecular formula is C25H28N2O3. The molecule has 2 atom stereocenters. The Hall–Kier alpha value is -3.08. The number of amides is 1. The fourth-order valence-corrected chi connectivity index (χ4v) is 3.58. The van der Waals surface area contributed by atoms with Gasteiger partial charge in [0.25, 0.3) is 0 Å². The van der Waals surface area contributed by atoms with Gasteiger partial charge in [-0.3, -0.25) is 4.79 Å². The molecule has 1 aliphatic carbocycles. The van der Waals surface area contributed by atoms with Gasteiger partial charge >= 0.3 is 0 Å². The summed E-state index contributed by atoms with van der Waals surface area (Å²) < 4.78 is 10.7. The van der Waals surface area contributed by atoms with Crippen LogP contribution in [0.1, 0.15) is 56.7 Å². The summed E-state index contributed by atoms with van der Waals surface area (Å²) in [6, 6.07) is 14.4. The zero-order valence-electron chi connectivity index (χ0n) is 17.9. The number of hydrogen-bond acceptors (Lipinski definition) is 4. The van der Waals surface area contributed by atoms with Crippen LogP contribution in [0.3, 0.4) is 0 Å². The number of hydrazone groups is 1. The lowest BCUT2D eigenvalue weighted by Gasteiger charge is -2.19. The second kappa shape index (κ2) is 7.98. The van der Waals surface area contributed by atoms with Crippen molar-refractivity contribution in [3.05, 3.63) is 65.2 Å². The highest BCUT2D eigenvalue weighted by Gasteiger charge is 2.44. The molecule has 0 aromatic heterocycles. The van der Waals surface area contributed by atoms with E-state index in [1.807, 2.05) is 37.3 Å². The second-order valence-corrected chi connectivity index (χ2v) is 9.00. The van der Waals surface area contributed by atoms with Gasteiger partial charge in [0.15, 0.2) is 11.5 Å². The predicted molar refractivity (Wildman–Crippen MR) is 119 cm³/mol. The fraction of sp³-hybridized carbons (Fsp3) is 0.360. The van der Waals surface area contributed by atoms with E-state index in [9.17, 15) is 4.79 Å². The molecule has 4 rings (SSSR count). The SMILES string of the molecule is CC(/C=C/c1ccc2c(c1)OCO2)=N\NC(=O)[C@H]1C[C@@H]1c1ccc(C(C)(C)C)cc1. The van der Waals surface area contributed by atoms with E-state index in [0.717, 1.165) is 29.2 Å². The minimum atomic E-state index is -0.0178. The molecule has 5 nitrogen and oxygen atoms in total. The number of rotatable bonds is 5. The number of carbonyl (C=O) groups excluding carboxylic acids is 1. The molecule has 0 bridgehead atoms. The van der Waals surface area contributed by atoms with Crippen molar-refractivity contribution in [1.29, 1.82) is 0 Å². The van der Waals surface area contributed by atoms with Gasteiger partial charge in [0.1, 0.15) is 0 Å². The molecule has 1 fully saturated rings. The van der Waals surface area contributed by atoms with Gasteiger partial charge in [0, 0.05) is 5.92 Å². The Balaban J connectivity index is 1.30. The Morgan fingerprint density at radius 3 is 2.57 bits per heavy atom. The molecule has 2 aromatic carbocycles. The molecule has 0 spiro atoms. The predicted octanol–water partition coefficient (Wildman–Crippen LogP) is 5.02. The number of nitrogens with zero attached hydrogens (tertiary/aromatic N) is 1. The highest BCUT2D eigenvalue weighted by atomic mass is 16.7. The molecule has 1 aliphatic heterocycles. The molecule has 5 heteroatoms. The van der Waals surface area contributed by atoms with Crippen LogP contribution in [0.2, 0.25) is 0 Å². The number of ether oxygens (including phenoxy) is 2. The summed E-state index contributed by atoms with van der Waals surface area (Å²) in [5.74, 6) is 1.78. The quantitative estimate of drug-likeness (QED) is 0.562. The number of carbonyl (C=O) groups is 1. The van der Waals surface area contributed by atoms with Crippen LogP contribution < -0.4 is 14.9 Å². The molecule has 1 N–H and O–H groups in total. The summed E-state index contributed by atoms with van der Waals surface area (Å²) in [6.45, 7) is 8.74. The topological polar surface area (TPSA) is 59.9 Å². The Kier molecular flexibility index (Phi) is 5.37. The molecule has 1 heterocycles. The van der Waals surface area contributed by atoms with Crippen LogP contribution in [0.5, 0.6) is 11.5 Å². The van der Waals surface area contributed by atoms with Crippen LogP contribution in [-0.4, -0.2) is 18.4 Å². The number of benzene rings is 2. The number of hydrogen-bond donors (Lipinski definition) is 1. The van der Waals surface area contributed by atoms with E-state index in [0.29, 0.717) is 5.92 Å². The molecule has 1 saturated carbocycles. The van der Waals surface area contributed by atoms with Gasteiger partial charge in [-0.25, -0.2) is 5.43 Å². The third-order valence-corrected chi connectivity index (χ3v) is 5.59. The lowest BCUT2D eigenvalue weighted by molar-refractivity contribution is -0.122. The summed E-state index contributed by atoms with van der Waals surface area (Å²) in [6.07, 6.45) is 4.68. The first kappa shape index (κ1) is 20.2. The van der Waals surface area contributed by atoms with Crippen LogP contribution in [0.15, 0.2) is 53.6 Å². The molecule has 0 radical (unpaired) electrons. The van der Waals surface area contributed by atoms with E-state index >= 15 is 0 Å². The van der Waals surface area contributed by atoms with Gasteiger partial charge in [-0.1, -0.05) is 57.2 Å². The normalized spacial score (nSPS) is 20.5. The van der Waals surface area contributed by atoms with E-state index in [2.05, 4.69) is 55.6 Å². The molecule has 0 unspecified atom stereocenters. The first-order chi connectivity index (χ1) is 14.3. The lowest BCUT2D eigenvalue weighted by atomic mass is 9.86. The largest absolute Gasteiger partial charge is 0.454 e. The summed E-state index contributed by atoms with van der Waals surface area (Å²) in [5.41, 5.74) is 7.10. The monoisotopic (exact) mass is 404 g/mol. The third-order valence-electron chi connectivity index (χ3n) is 5.59. The molecule has 2 aromatic rings. The van der Waals surface area contributed by atoms with Crippen molar-refractivity contribution in [2.75, 3.05) is 6.79 Å². The van der Waals surface area contributed by atoms with Gasteiger partial charge in [-0.15, -0.1) is 0 Å². The Bertz CT molecular complexity index is 1000. The van der Waals surface area contributed by atoms with E-state index in [-0.39, 0.29) is 24.0 Å². The average Bonchev–Trinajstić information content (AvgIpc) is 3.39. The molecule has 30 heavy (non-hydrogen) atoms. The van der Waals surface area contributed by atoms with Gasteiger partial charge < -0.3 is 9.47 Å². The van der Waals surface area contributed by atoms with Crippen LogP contribution >= 0.6 is 0 Å². The first-order valence-electron chi connectivity index (χ1n) is 10.3. The maximum atomic E-state index is 12.4. The minimum absolute atomic E-state index is 0.000115. The summed E-state index contributed by atoms with van der Waals surface area (Å²) in [5, 5.41) is 4.22. The maximum absolute atomic E-state index is 12.4. The zero-order chi connectivity index (χ0) is 21.3. The minimum Gasteiger partial charge on any atom is -0.454 e. The first-order valence-corrected chi connectivity index (χ1v) is 10.3. The van der Waals surface area contributed by atoms with Gasteiger partial charge in [0.2, 0.25) is 12.7 Å². The van der Waals surface area contributed by atoms with Gasteiger partial charge in [0.05, 0.1) is 5.71 Å². The smallest absolute Gasteiger partial charge is 0.243 e. The van der Waals surface area contributed by atoms with E-state index in [1.165, 1.54) is 11.1 Å². The van der Waals surface area contributed by atoms with Crippen molar-refractivity contribution in [2.24, 2.45) is 11.0 Å². The standard InChI is InChI=1S/C25H28N2O3/c1-16(5-6-17-7-12-22-23(13-17)30-15-29-22)26-27-24(28)21-14-20(21)18-8-10-19(11-9-18)25(2,3)4/h5-13,20-21H,14-15H2,1-4H3,(H,27,28)/b6-5+,26-16+/t20-,21+/m1/s1. The molecule has 2 aliphatic rings. The van der Waals surface area contributed by atoms with Crippen molar-refractivity contribution in [1.82, 2.24) is 5.43 Å². The molecule has 0 saturated heterocycles. The van der Waals surface area contributed by atoms with E-state index in [4.69, 9.17) is 9.47 Å². The number of fused-ring (bicyclic) bond motifs is 1. The van der Waals surface area contributed by atoms with Crippen molar-refractivity contribution < 1.29 is 14.3 Å². The third kappa shape index (κ3) is 4.56. The molecular weight excluding hydrogens is 376 g/mol. The fourth-order valence-electron chi connectivity index (χ4n) is 3.58. The van der Waals surface area contributed by atoms with Gasteiger partial charge in [-0.2, -0.15) is 5.10 Å². The van der Waals surface area contributed by atoms with Crippen molar-refractivity contribution in [2.45, 2.75) is 45.4 Å². The molecule has 156 valence electrons. The van der Waals surface area contributed by atoms with E-state index < -0.39 is 0 Å². The van der Waals surface area contributed by atoms with Crippen molar-refractivity contribution in [3.63, 3.8) is 0 Å². The van der Waals surface area contributed by atoms with Crippen LogP contribution in [0, 0.1) is 5.92 Å². The van der Waals surface area contributed by atoms with Crippen molar-refractivity contribution in [3.8, 4) is 11.5 Å². The maximum Gasteiger partial charge on any atom is 0.243 e. The summed E-state index contributed by atoms with van der Waals surface area (Å²) >= 11 is 0. The highest BCUT2D eigenvalue weighted by molar-refractivity contribution is 5.97.